The van der Waals surface area contributed by atoms with E-state index in [9.17, 15) is 9.59 Å². The fourth-order valence-electron chi connectivity index (χ4n) is 2.79. The molecule has 1 atom stereocenters. The fourth-order valence-corrected chi connectivity index (χ4v) is 2.79. The van der Waals surface area contributed by atoms with Gasteiger partial charge in [0.1, 0.15) is 0 Å². The van der Waals surface area contributed by atoms with Crippen LogP contribution in [0.2, 0.25) is 0 Å². The Morgan fingerprint density at radius 2 is 1.83 bits per heavy atom. The summed E-state index contributed by atoms with van der Waals surface area (Å²) in [7, 11) is 0. The molecule has 0 aromatic carbocycles. The number of hydrogen-bond acceptors (Lipinski definition) is 2. The van der Waals surface area contributed by atoms with E-state index in [1.54, 1.807) is 0 Å². The maximum atomic E-state index is 11.9. The number of hydrogen-bond donors (Lipinski definition) is 2. The number of nitrogens with one attached hydrogen (secondary N) is 1. The van der Waals surface area contributed by atoms with Gasteiger partial charge < -0.3 is 10.4 Å². The Morgan fingerprint density at radius 3 is 2.33 bits per heavy atom. The lowest BCUT2D eigenvalue weighted by molar-refractivity contribution is -0.139. The largest absolute Gasteiger partial charge is 0.481 e. The minimum atomic E-state index is -0.850. The molecule has 1 aliphatic carbocycles. The molecule has 1 rings (SSSR count). The van der Waals surface area contributed by atoms with Crippen LogP contribution in [0.1, 0.15) is 59.3 Å². The number of aliphatic carboxylic acids is 1. The summed E-state index contributed by atoms with van der Waals surface area (Å²) in [5, 5.41) is 11.8. The zero-order valence-electron chi connectivity index (χ0n) is 11.7. The third kappa shape index (κ3) is 5.07. The lowest BCUT2D eigenvalue weighted by atomic mass is 9.85. The monoisotopic (exact) mass is 255 g/mol. The minimum Gasteiger partial charge on any atom is -0.481 e. The molecular formula is C14H25NO3. The summed E-state index contributed by atoms with van der Waals surface area (Å²) < 4.78 is 0. The van der Waals surface area contributed by atoms with Gasteiger partial charge in [0.05, 0.1) is 6.42 Å². The molecule has 0 bridgehead atoms. The third-order valence-corrected chi connectivity index (χ3v) is 3.76. The molecule has 1 saturated carbocycles. The third-order valence-electron chi connectivity index (χ3n) is 3.76. The summed E-state index contributed by atoms with van der Waals surface area (Å²) in [4.78, 5) is 22.6. The van der Waals surface area contributed by atoms with Gasteiger partial charge in [0.25, 0.3) is 0 Å². The van der Waals surface area contributed by atoms with Crippen molar-refractivity contribution in [2.75, 3.05) is 0 Å². The van der Waals surface area contributed by atoms with Crippen LogP contribution in [-0.2, 0) is 9.59 Å². The molecule has 0 aromatic heterocycles. The van der Waals surface area contributed by atoms with Crippen molar-refractivity contribution in [3.63, 3.8) is 0 Å². The van der Waals surface area contributed by atoms with Gasteiger partial charge in [-0.1, -0.05) is 26.7 Å². The number of amides is 1. The highest BCUT2D eigenvalue weighted by atomic mass is 16.4. The van der Waals surface area contributed by atoms with Crippen molar-refractivity contribution >= 4 is 11.9 Å². The second-order valence-corrected chi connectivity index (χ2v) is 6.31. The lowest BCUT2D eigenvalue weighted by Gasteiger charge is -2.25. The SMILES string of the molecule is C[C@H](NC(=O)CC(C)(C)CC(=O)O)C1CCCC1. The standard InChI is InChI=1S/C14H25NO3/c1-10(11-6-4-5-7-11)15-12(16)8-14(2,3)9-13(17)18/h10-11H,4-9H2,1-3H3,(H,15,16)(H,17,18)/t10-/m0/s1. The van der Waals surface area contributed by atoms with Crippen molar-refractivity contribution < 1.29 is 14.7 Å². The van der Waals surface area contributed by atoms with Gasteiger partial charge in [-0.15, -0.1) is 0 Å². The van der Waals surface area contributed by atoms with Gasteiger partial charge in [-0.2, -0.15) is 0 Å². The van der Waals surface area contributed by atoms with E-state index in [0.29, 0.717) is 5.92 Å². The van der Waals surface area contributed by atoms with Gasteiger partial charge >= 0.3 is 5.97 Å². The number of carboxylic acids is 1. The second-order valence-electron chi connectivity index (χ2n) is 6.31. The van der Waals surface area contributed by atoms with Gasteiger partial charge in [0.2, 0.25) is 5.91 Å². The molecule has 1 fully saturated rings. The zero-order chi connectivity index (χ0) is 13.8. The average Bonchev–Trinajstić information content (AvgIpc) is 2.65. The molecule has 1 amide bonds. The highest BCUT2D eigenvalue weighted by molar-refractivity contribution is 5.78. The normalized spacial score (nSPS) is 18.6. The molecule has 0 aromatic rings. The molecule has 0 aliphatic heterocycles. The minimum absolute atomic E-state index is 0.0260. The highest BCUT2D eigenvalue weighted by Crippen LogP contribution is 2.28. The molecule has 0 spiro atoms. The molecule has 4 nitrogen and oxygen atoms in total. The van der Waals surface area contributed by atoms with Gasteiger partial charge in [0, 0.05) is 12.5 Å². The smallest absolute Gasteiger partial charge is 0.303 e. The van der Waals surface area contributed by atoms with Gasteiger partial charge in [-0.3, -0.25) is 9.59 Å². The van der Waals surface area contributed by atoms with E-state index in [2.05, 4.69) is 12.2 Å². The van der Waals surface area contributed by atoms with Crippen LogP contribution in [0.25, 0.3) is 0 Å². The van der Waals surface area contributed by atoms with Crippen molar-refractivity contribution in [2.45, 2.75) is 65.3 Å². The van der Waals surface area contributed by atoms with E-state index in [-0.39, 0.29) is 24.8 Å². The first-order chi connectivity index (χ1) is 8.30. The van der Waals surface area contributed by atoms with Crippen LogP contribution < -0.4 is 5.32 Å². The van der Waals surface area contributed by atoms with Crippen molar-refractivity contribution in [3.05, 3.63) is 0 Å². The summed E-state index contributed by atoms with van der Waals surface area (Å²) in [6.07, 6.45) is 5.21. The first kappa shape index (κ1) is 15.0. The number of carbonyl (C=O) groups is 2. The summed E-state index contributed by atoms with van der Waals surface area (Å²) in [5.41, 5.74) is -0.481. The van der Waals surface area contributed by atoms with Crippen LogP contribution in [0.4, 0.5) is 0 Å². The van der Waals surface area contributed by atoms with Crippen LogP contribution in [0, 0.1) is 11.3 Å². The Labute approximate surface area is 109 Å². The molecule has 18 heavy (non-hydrogen) atoms. The van der Waals surface area contributed by atoms with Gasteiger partial charge in [-0.05, 0) is 31.1 Å². The lowest BCUT2D eigenvalue weighted by Crippen LogP contribution is -2.39. The number of rotatable bonds is 6. The topological polar surface area (TPSA) is 66.4 Å². The number of carboxylic acid groups (broad SMARTS) is 1. The van der Waals surface area contributed by atoms with E-state index in [1.165, 1.54) is 25.7 Å². The van der Waals surface area contributed by atoms with Crippen molar-refractivity contribution in [1.82, 2.24) is 5.32 Å². The number of carbonyl (C=O) groups excluding carboxylic acids is 1. The molecule has 0 unspecified atom stereocenters. The zero-order valence-corrected chi connectivity index (χ0v) is 11.7. The molecule has 1 aliphatic rings. The molecule has 0 saturated heterocycles. The Balaban J connectivity index is 2.38. The molecule has 104 valence electrons. The van der Waals surface area contributed by atoms with Crippen LogP contribution >= 0.6 is 0 Å². The van der Waals surface area contributed by atoms with E-state index < -0.39 is 11.4 Å². The van der Waals surface area contributed by atoms with E-state index in [0.717, 1.165) is 0 Å². The van der Waals surface area contributed by atoms with Crippen molar-refractivity contribution in [2.24, 2.45) is 11.3 Å². The quantitative estimate of drug-likeness (QED) is 0.766. The van der Waals surface area contributed by atoms with Crippen molar-refractivity contribution in [3.8, 4) is 0 Å². The van der Waals surface area contributed by atoms with Gasteiger partial charge in [-0.25, -0.2) is 0 Å². The second kappa shape index (κ2) is 6.21. The van der Waals surface area contributed by atoms with E-state index in [4.69, 9.17) is 5.11 Å². The van der Waals surface area contributed by atoms with Crippen LogP contribution in [0.15, 0.2) is 0 Å². The van der Waals surface area contributed by atoms with Gasteiger partial charge in [0.15, 0.2) is 0 Å². The van der Waals surface area contributed by atoms with E-state index >= 15 is 0 Å². The molecular weight excluding hydrogens is 230 g/mol. The fraction of sp³-hybridized carbons (Fsp3) is 0.857. The Bertz CT molecular complexity index is 306. The molecule has 0 heterocycles. The predicted molar refractivity (Wildman–Crippen MR) is 70.2 cm³/mol. The summed E-state index contributed by atoms with van der Waals surface area (Å²) in [6, 6.07) is 0.209. The predicted octanol–water partition coefficient (Wildman–Crippen LogP) is 2.57. The summed E-state index contributed by atoms with van der Waals surface area (Å²) in [5.74, 6) is -0.283. The Morgan fingerprint density at radius 1 is 1.28 bits per heavy atom. The van der Waals surface area contributed by atoms with Crippen LogP contribution in [-0.4, -0.2) is 23.0 Å². The highest BCUT2D eigenvalue weighted by Gasteiger charge is 2.27. The maximum absolute atomic E-state index is 11.9. The van der Waals surface area contributed by atoms with Crippen LogP contribution in [0.3, 0.4) is 0 Å². The van der Waals surface area contributed by atoms with E-state index in [1.807, 2.05) is 13.8 Å². The molecule has 2 N–H and O–H groups in total. The summed E-state index contributed by atoms with van der Waals surface area (Å²) >= 11 is 0. The molecule has 4 heteroatoms. The van der Waals surface area contributed by atoms with Crippen molar-refractivity contribution in [1.29, 1.82) is 0 Å². The average molecular weight is 255 g/mol. The first-order valence-corrected chi connectivity index (χ1v) is 6.81. The Kier molecular flexibility index (Phi) is 5.17. The maximum Gasteiger partial charge on any atom is 0.303 e. The molecule has 0 radical (unpaired) electrons. The van der Waals surface area contributed by atoms with Crippen LogP contribution in [0.5, 0.6) is 0 Å². The first-order valence-electron chi connectivity index (χ1n) is 6.81. The summed E-state index contributed by atoms with van der Waals surface area (Å²) in [6.45, 7) is 5.69. The Hall–Kier alpha value is -1.06.